The molecule has 0 atom stereocenters. The Bertz CT molecular complexity index is 2210. The molecule has 2 heterocycles. The van der Waals surface area contributed by atoms with Crippen LogP contribution < -0.4 is 0 Å². The van der Waals surface area contributed by atoms with Crippen LogP contribution in [0.1, 0.15) is 0 Å². The zero-order valence-electron chi connectivity index (χ0n) is 23.8. The van der Waals surface area contributed by atoms with Gasteiger partial charge >= 0.3 is 0 Å². The summed E-state index contributed by atoms with van der Waals surface area (Å²) in [6, 6.07) is 51.6. The summed E-state index contributed by atoms with van der Waals surface area (Å²) in [6.07, 6.45) is 3.77. The molecule has 4 nitrogen and oxygen atoms in total. The van der Waals surface area contributed by atoms with E-state index in [9.17, 15) is 0 Å². The minimum atomic E-state index is 0.995. The van der Waals surface area contributed by atoms with Crippen LogP contribution in [0.15, 0.2) is 158 Å². The predicted octanol–water partition coefficient (Wildman–Crippen LogP) is 10.0. The molecule has 0 unspecified atom stereocenters. The largest absolute Gasteiger partial charge is 0.233 e. The van der Waals surface area contributed by atoms with Gasteiger partial charge in [0.25, 0.3) is 0 Å². The molecule has 0 aliphatic rings. The van der Waals surface area contributed by atoms with Crippen molar-refractivity contribution in [2.45, 2.75) is 0 Å². The maximum atomic E-state index is 4.80. The fraction of sp³-hybridized carbons (Fsp3) is 0. The summed E-state index contributed by atoms with van der Waals surface area (Å²) in [5, 5.41) is 19.3. The number of rotatable bonds is 4. The third-order valence-electron chi connectivity index (χ3n) is 8.68. The van der Waals surface area contributed by atoms with Crippen molar-refractivity contribution in [1.82, 2.24) is 19.6 Å². The fourth-order valence-electron chi connectivity index (χ4n) is 6.71. The number of aromatic nitrogens is 4. The van der Waals surface area contributed by atoms with Crippen molar-refractivity contribution >= 4 is 43.1 Å². The van der Waals surface area contributed by atoms with Gasteiger partial charge in [-0.15, -0.1) is 0 Å². The molecule has 206 valence electrons. The summed E-state index contributed by atoms with van der Waals surface area (Å²) >= 11 is 0. The topological polar surface area (TPSA) is 35.6 Å². The van der Waals surface area contributed by atoms with E-state index >= 15 is 0 Å². The fourth-order valence-corrected chi connectivity index (χ4v) is 6.71. The van der Waals surface area contributed by atoms with Gasteiger partial charge in [0.05, 0.1) is 35.2 Å². The molecule has 44 heavy (non-hydrogen) atoms. The Labute approximate surface area is 254 Å². The molecule has 7 aromatic carbocycles. The van der Waals surface area contributed by atoms with Gasteiger partial charge in [-0.3, -0.25) is 0 Å². The number of nitrogens with zero attached hydrogens (tertiary/aromatic N) is 4. The van der Waals surface area contributed by atoms with Crippen molar-refractivity contribution < 1.29 is 0 Å². The number of benzene rings is 7. The van der Waals surface area contributed by atoms with Crippen molar-refractivity contribution in [3.8, 4) is 33.9 Å². The lowest BCUT2D eigenvalue weighted by molar-refractivity contribution is 0.873. The van der Waals surface area contributed by atoms with Crippen LogP contribution in [0.2, 0.25) is 0 Å². The number of hydrogen-bond donors (Lipinski definition) is 0. The first-order valence-electron chi connectivity index (χ1n) is 14.8. The molecule has 4 heteroatoms. The molecule has 0 N–H and O–H groups in total. The van der Waals surface area contributed by atoms with E-state index in [4.69, 9.17) is 10.2 Å². The Balaban J connectivity index is 1.18. The second-order valence-electron chi connectivity index (χ2n) is 11.2. The molecule has 0 fully saturated rings. The Morgan fingerprint density at radius 1 is 0.341 bits per heavy atom. The van der Waals surface area contributed by atoms with Crippen LogP contribution in [-0.2, 0) is 0 Å². The number of hydrogen-bond acceptors (Lipinski definition) is 2. The second kappa shape index (κ2) is 9.79. The Morgan fingerprint density at radius 3 is 1.00 bits per heavy atom. The van der Waals surface area contributed by atoms with Gasteiger partial charge in [-0.25, -0.2) is 9.36 Å². The summed E-state index contributed by atoms with van der Waals surface area (Å²) in [6.45, 7) is 0. The zero-order valence-corrected chi connectivity index (χ0v) is 23.8. The third kappa shape index (κ3) is 3.78. The summed E-state index contributed by atoms with van der Waals surface area (Å²) in [5.74, 6) is 0. The Kier molecular flexibility index (Phi) is 5.47. The van der Waals surface area contributed by atoms with E-state index in [1.165, 1.54) is 54.2 Å². The van der Waals surface area contributed by atoms with Crippen LogP contribution in [0.3, 0.4) is 0 Å². The molecular weight excluding hydrogens is 536 g/mol. The average molecular weight is 563 g/mol. The zero-order chi connectivity index (χ0) is 29.0. The van der Waals surface area contributed by atoms with Crippen molar-refractivity contribution in [1.29, 1.82) is 0 Å². The van der Waals surface area contributed by atoms with Crippen molar-refractivity contribution in [2.75, 3.05) is 0 Å². The lowest BCUT2D eigenvalue weighted by atomic mass is 9.94. The van der Waals surface area contributed by atoms with E-state index in [0.717, 1.165) is 22.8 Å². The molecule has 0 radical (unpaired) electrons. The van der Waals surface area contributed by atoms with Crippen molar-refractivity contribution in [3.63, 3.8) is 0 Å². The van der Waals surface area contributed by atoms with E-state index in [1.807, 2.05) is 21.8 Å². The minimum Gasteiger partial charge on any atom is -0.233 e. The monoisotopic (exact) mass is 562 g/mol. The Morgan fingerprint density at radius 2 is 0.659 bits per heavy atom. The minimum absolute atomic E-state index is 0.995. The molecule has 0 saturated carbocycles. The van der Waals surface area contributed by atoms with Crippen LogP contribution in [0.25, 0.3) is 77.0 Å². The average Bonchev–Trinajstić information content (AvgIpc) is 3.77. The summed E-state index contributed by atoms with van der Waals surface area (Å²) < 4.78 is 4.08. The van der Waals surface area contributed by atoms with Crippen LogP contribution in [0, 0.1) is 0 Å². The molecule has 0 saturated heterocycles. The molecular formula is C40H26N4. The van der Waals surface area contributed by atoms with Crippen molar-refractivity contribution in [3.05, 3.63) is 158 Å². The highest BCUT2D eigenvalue weighted by atomic mass is 15.3. The first-order chi connectivity index (χ1) is 21.8. The van der Waals surface area contributed by atoms with E-state index in [0.29, 0.717) is 0 Å². The van der Waals surface area contributed by atoms with Gasteiger partial charge in [-0.05, 0) is 91.6 Å². The molecule has 0 amide bonds. The van der Waals surface area contributed by atoms with Crippen LogP contribution in [-0.4, -0.2) is 19.6 Å². The standard InChI is InChI=1S/C40H26N4/c1-5-13-33-27(9-1)25-28-10-2-6-14-34(28)39(33)37-21-23-41-43(37)31-17-19-32(20-18-31)44-38(22-24-42-44)40-35-15-7-3-11-29(35)26-30-12-4-8-16-36(30)40/h1-26H. The lowest BCUT2D eigenvalue weighted by Crippen LogP contribution is -2.03. The smallest absolute Gasteiger partial charge is 0.0753 e. The van der Waals surface area contributed by atoms with E-state index < -0.39 is 0 Å². The molecule has 0 aliphatic heterocycles. The lowest BCUT2D eigenvalue weighted by Gasteiger charge is -2.15. The molecule has 9 aromatic rings. The van der Waals surface area contributed by atoms with Gasteiger partial charge in [-0.1, -0.05) is 97.1 Å². The third-order valence-corrected chi connectivity index (χ3v) is 8.68. The van der Waals surface area contributed by atoms with Gasteiger partial charge in [0.15, 0.2) is 0 Å². The summed E-state index contributed by atoms with van der Waals surface area (Å²) in [5.41, 5.74) is 6.50. The second-order valence-corrected chi connectivity index (χ2v) is 11.2. The molecule has 0 aliphatic carbocycles. The van der Waals surface area contributed by atoms with Crippen LogP contribution in [0.5, 0.6) is 0 Å². The summed E-state index contributed by atoms with van der Waals surface area (Å²) in [7, 11) is 0. The molecule has 9 rings (SSSR count). The van der Waals surface area contributed by atoms with Crippen molar-refractivity contribution in [2.24, 2.45) is 0 Å². The quantitative estimate of drug-likeness (QED) is 0.200. The molecule has 0 spiro atoms. The highest BCUT2D eigenvalue weighted by Crippen LogP contribution is 2.39. The first-order valence-corrected chi connectivity index (χ1v) is 14.8. The van der Waals surface area contributed by atoms with E-state index in [2.05, 4.69) is 146 Å². The normalized spacial score (nSPS) is 11.6. The van der Waals surface area contributed by atoms with E-state index in [-0.39, 0.29) is 0 Å². The maximum absolute atomic E-state index is 4.80. The predicted molar refractivity (Wildman–Crippen MR) is 182 cm³/mol. The van der Waals surface area contributed by atoms with Gasteiger partial charge in [-0.2, -0.15) is 10.2 Å². The summed E-state index contributed by atoms with van der Waals surface area (Å²) in [4.78, 5) is 0. The van der Waals surface area contributed by atoms with Gasteiger partial charge in [0, 0.05) is 11.1 Å². The highest BCUT2D eigenvalue weighted by molar-refractivity contribution is 6.13. The number of fused-ring (bicyclic) bond motifs is 4. The van der Waals surface area contributed by atoms with Gasteiger partial charge < -0.3 is 0 Å². The first kappa shape index (κ1) is 24.6. The van der Waals surface area contributed by atoms with Crippen LogP contribution in [0.4, 0.5) is 0 Å². The molecule has 0 bridgehead atoms. The van der Waals surface area contributed by atoms with Crippen LogP contribution >= 0.6 is 0 Å². The van der Waals surface area contributed by atoms with Gasteiger partial charge in [0.2, 0.25) is 0 Å². The maximum Gasteiger partial charge on any atom is 0.0753 e. The Hall–Kier alpha value is -6.00. The SMILES string of the molecule is c1ccc2c(-c3ccnn3-c3ccc(-n4nccc4-c4c5ccccc5cc5ccccc45)cc3)c3ccccc3cc2c1. The highest BCUT2D eigenvalue weighted by Gasteiger charge is 2.17. The molecule has 2 aromatic heterocycles. The van der Waals surface area contributed by atoms with E-state index in [1.54, 1.807) is 0 Å². The van der Waals surface area contributed by atoms with Gasteiger partial charge in [0.1, 0.15) is 0 Å².